The lowest BCUT2D eigenvalue weighted by atomic mass is 10.0. The molecule has 1 aromatic heterocycles. The predicted octanol–water partition coefficient (Wildman–Crippen LogP) is 3.99. The lowest BCUT2D eigenvalue weighted by Gasteiger charge is -2.29. The lowest BCUT2D eigenvalue weighted by Crippen LogP contribution is -2.53. The number of carboxylic acid groups (broad SMARTS) is 1. The number of rotatable bonds is 9. The Labute approximate surface area is 220 Å². The average molecular weight is 514 g/mol. The van der Waals surface area contributed by atoms with Crippen molar-refractivity contribution in [3.8, 4) is 5.75 Å². The number of aromatic nitrogens is 1. The molecular weight excluding hydrogens is 482 g/mol. The maximum atomic E-state index is 13.6. The van der Waals surface area contributed by atoms with Gasteiger partial charge in [0.25, 0.3) is 5.91 Å². The number of phenols is 1. The Hall–Kier alpha value is -4.59. The van der Waals surface area contributed by atoms with Gasteiger partial charge in [0, 0.05) is 42.6 Å². The number of carboxylic acids is 1. The Kier molecular flexibility index (Phi) is 7.81. The summed E-state index contributed by atoms with van der Waals surface area (Å²) in [7, 11) is 1.54. The molecule has 0 radical (unpaired) electrons. The number of hydrogen-bond acceptors (Lipinski definition) is 4. The zero-order chi connectivity index (χ0) is 27.4. The van der Waals surface area contributed by atoms with Gasteiger partial charge >= 0.3 is 5.97 Å². The number of aryl methyl sites for hydroxylation is 2. The van der Waals surface area contributed by atoms with E-state index in [4.69, 9.17) is 0 Å². The normalized spacial score (nSPS) is 12.6. The number of H-pyrrole nitrogens is 1. The minimum atomic E-state index is -1.20. The summed E-state index contributed by atoms with van der Waals surface area (Å²) < 4.78 is 0. The van der Waals surface area contributed by atoms with Crippen LogP contribution in [0.25, 0.3) is 10.9 Å². The zero-order valence-corrected chi connectivity index (χ0v) is 21.6. The summed E-state index contributed by atoms with van der Waals surface area (Å²) in [6.07, 6.45) is 1.96. The zero-order valence-electron chi connectivity index (χ0n) is 21.6. The summed E-state index contributed by atoms with van der Waals surface area (Å²) >= 11 is 0. The molecule has 0 saturated heterocycles. The van der Waals surface area contributed by atoms with E-state index in [0.29, 0.717) is 11.1 Å². The number of carbonyl (C=O) groups is 3. The summed E-state index contributed by atoms with van der Waals surface area (Å²) in [5.74, 6) is -2.01. The number of aromatic hydroxyl groups is 1. The third kappa shape index (κ3) is 6.03. The smallest absolute Gasteiger partial charge is 0.326 e. The summed E-state index contributed by atoms with van der Waals surface area (Å²) in [5, 5.41) is 23.2. The van der Waals surface area contributed by atoms with Crippen molar-refractivity contribution in [3.05, 3.63) is 101 Å². The first-order chi connectivity index (χ1) is 18.1. The van der Waals surface area contributed by atoms with E-state index in [-0.39, 0.29) is 24.5 Å². The third-order valence-corrected chi connectivity index (χ3v) is 6.64. The molecule has 8 nitrogen and oxygen atoms in total. The number of phenolic OH excluding ortho intramolecular Hbond substituents is 1. The van der Waals surface area contributed by atoms with E-state index in [1.54, 1.807) is 37.5 Å². The van der Waals surface area contributed by atoms with Crippen molar-refractivity contribution in [1.29, 1.82) is 0 Å². The predicted molar refractivity (Wildman–Crippen MR) is 145 cm³/mol. The van der Waals surface area contributed by atoms with Crippen LogP contribution in [0.15, 0.2) is 72.9 Å². The Bertz CT molecular complexity index is 1450. The van der Waals surface area contributed by atoms with Crippen molar-refractivity contribution in [2.45, 2.75) is 38.8 Å². The van der Waals surface area contributed by atoms with Crippen LogP contribution >= 0.6 is 0 Å². The maximum Gasteiger partial charge on any atom is 0.326 e. The van der Waals surface area contributed by atoms with E-state index in [1.165, 1.54) is 17.0 Å². The topological polar surface area (TPSA) is 123 Å². The lowest BCUT2D eigenvalue weighted by molar-refractivity contribution is -0.142. The van der Waals surface area contributed by atoms with Gasteiger partial charge in [0.15, 0.2) is 0 Å². The van der Waals surface area contributed by atoms with Gasteiger partial charge in [-0.1, -0.05) is 47.5 Å². The first-order valence-electron chi connectivity index (χ1n) is 12.3. The molecule has 0 aliphatic heterocycles. The fourth-order valence-electron chi connectivity index (χ4n) is 4.69. The molecule has 0 unspecified atom stereocenters. The van der Waals surface area contributed by atoms with Crippen LogP contribution in [0.1, 0.15) is 32.6 Å². The van der Waals surface area contributed by atoms with Gasteiger partial charge in [0.05, 0.1) is 0 Å². The molecule has 8 heteroatoms. The second kappa shape index (κ2) is 11.2. The van der Waals surface area contributed by atoms with Crippen molar-refractivity contribution in [2.24, 2.45) is 0 Å². The molecule has 38 heavy (non-hydrogen) atoms. The van der Waals surface area contributed by atoms with Crippen LogP contribution in [0.3, 0.4) is 0 Å². The molecule has 0 bridgehead atoms. The second-order valence-electron chi connectivity index (χ2n) is 9.64. The SMILES string of the molecule is Cc1cc(C)cc(C(=O)N(C)[C@H](Cc2ccc(O)cc2)C(=O)N[C@@H](Cc2c[nH]c3ccccc23)C(=O)O)c1. The van der Waals surface area contributed by atoms with Crippen LogP contribution in [0, 0.1) is 13.8 Å². The van der Waals surface area contributed by atoms with Crippen LogP contribution in [0.2, 0.25) is 0 Å². The summed E-state index contributed by atoms with van der Waals surface area (Å²) in [6, 6.07) is 17.2. The number of aliphatic carboxylic acids is 1. The first-order valence-corrected chi connectivity index (χ1v) is 12.3. The number of nitrogens with one attached hydrogen (secondary N) is 2. The number of aromatic amines is 1. The molecule has 4 N–H and O–H groups in total. The van der Waals surface area contributed by atoms with Gasteiger partial charge in [-0.05, 0) is 55.3 Å². The van der Waals surface area contributed by atoms with E-state index in [9.17, 15) is 24.6 Å². The molecule has 0 aliphatic rings. The van der Waals surface area contributed by atoms with Crippen molar-refractivity contribution in [3.63, 3.8) is 0 Å². The highest BCUT2D eigenvalue weighted by Gasteiger charge is 2.31. The number of carbonyl (C=O) groups excluding carboxylic acids is 2. The highest BCUT2D eigenvalue weighted by atomic mass is 16.4. The van der Waals surface area contributed by atoms with Gasteiger partial charge in [0.1, 0.15) is 17.8 Å². The number of hydrogen-bond donors (Lipinski definition) is 4. The fourth-order valence-corrected chi connectivity index (χ4v) is 4.69. The minimum absolute atomic E-state index is 0.0752. The van der Waals surface area contributed by atoms with Gasteiger partial charge in [0.2, 0.25) is 5.91 Å². The number of nitrogens with zero attached hydrogens (tertiary/aromatic N) is 1. The van der Waals surface area contributed by atoms with Gasteiger partial charge in [-0.15, -0.1) is 0 Å². The molecule has 3 aromatic carbocycles. The summed E-state index contributed by atoms with van der Waals surface area (Å²) in [6.45, 7) is 3.79. The van der Waals surface area contributed by atoms with Crippen LogP contribution in [0.4, 0.5) is 0 Å². The Morgan fingerprint density at radius 3 is 2.26 bits per heavy atom. The van der Waals surface area contributed by atoms with E-state index in [1.807, 2.05) is 44.2 Å². The van der Waals surface area contributed by atoms with E-state index in [0.717, 1.165) is 27.6 Å². The highest BCUT2D eigenvalue weighted by Crippen LogP contribution is 2.20. The summed E-state index contributed by atoms with van der Waals surface area (Å²) in [4.78, 5) is 43.7. The number of benzene rings is 3. The Morgan fingerprint density at radius 2 is 1.61 bits per heavy atom. The van der Waals surface area contributed by atoms with Gasteiger partial charge < -0.3 is 25.4 Å². The van der Waals surface area contributed by atoms with Crippen LogP contribution in [-0.4, -0.2) is 57.0 Å². The molecule has 0 spiro atoms. The monoisotopic (exact) mass is 513 g/mol. The maximum absolute atomic E-state index is 13.6. The van der Waals surface area contributed by atoms with E-state index >= 15 is 0 Å². The van der Waals surface area contributed by atoms with E-state index in [2.05, 4.69) is 10.3 Å². The average Bonchev–Trinajstić information content (AvgIpc) is 3.29. The van der Waals surface area contributed by atoms with Gasteiger partial charge in [-0.25, -0.2) is 4.79 Å². The first kappa shape index (κ1) is 26.5. The molecule has 1 heterocycles. The van der Waals surface area contributed by atoms with Crippen molar-refractivity contribution in [2.75, 3.05) is 7.05 Å². The molecule has 2 amide bonds. The standard InChI is InChI=1S/C30H31N3O5/c1-18-12-19(2)14-21(13-18)29(36)33(3)27(15-20-8-10-23(34)11-9-20)28(35)32-26(30(37)38)16-22-17-31-25-7-5-4-6-24(22)25/h4-14,17,26-27,31,34H,15-16H2,1-3H3,(H,32,35)(H,37,38)/t26-,27+/m0/s1. The van der Waals surface area contributed by atoms with Crippen molar-refractivity contribution in [1.82, 2.24) is 15.2 Å². The van der Waals surface area contributed by atoms with E-state index < -0.39 is 24.0 Å². The number of fused-ring (bicyclic) bond motifs is 1. The van der Waals surface area contributed by atoms with Crippen LogP contribution in [-0.2, 0) is 22.4 Å². The number of para-hydroxylation sites is 1. The third-order valence-electron chi connectivity index (χ3n) is 6.64. The van der Waals surface area contributed by atoms with Crippen molar-refractivity contribution >= 4 is 28.7 Å². The van der Waals surface area contributed by atoms with Crippen LogP contribution in [0.5, 0.6) is 5.75 Å². The quantitative estimate of drug-likeness (QED) is 0.270. The van der Waals surface area contributed by atoms with Gasteiger partial charge in [-0.2, -0.15) is 0 Å². The number of amides is 2. The largest absolute Gasteiger partial charge is 0.508 e. The fraction of sp³-hybridized carbons (Fsp3) is 0.233. The molecule has 4 rings (SSSR count). The Balaban J connectivity index is 1.61. The summed E-state index contributed by atoms with van der Waals surface area (Å²) in [5.41, 5.74) is 4.65. The Morgan fingerprint density at radius 1 is 0.947 bits per heavy atom. The van der Waals surface area contributed by atoms with Crippen molar-refractivity contribution < 1.29 is 24.6 Å². The molecule has 0 saturated carbocycles. The second-order valence-corrected chi connectivity index (χ2v) is 9.64. The molecule has 196 valence electrons. The highest BCUT2D eigenvalue weighted by molar-refractivity contribution is 5.98. The van der Waals surface area contributed by atoms with Gasteiger partial charge in [-0.3, -0.25) is 9.59 Å². The minimum Gasteiger partial charge on any atom is -0.508 e. The molecule has 0 fully saturated rings. The molecular formula is C30H31N3O5. The molecule has 0 aliphatic carbocycles. The van der Waals surface area contributed by atoms with Crippen LogP contribution < -0.4 is 5.32 Å². The molecule has 4 aromatic rings. The number of likely N-dealkylation sites (N-methyl/N-ethyl adjacent to an activating group) is 1. The molecule has 2 atom stereocenters.